The van der Waals surface area contributed by atoms with Crippen LogP contribution in [0.5, 0.6) is 0 Å². The molecule has 2 unspecified atom stereocenters. The van der Waals surface area contributed by atoms with Crippen molar-refractivity contribution in [3.63, 3.8) is 0 Å². The molecule has 3 nitrogen and oxygen atoms in total. The Kier molecular flexibility index (Phi) is 6.55. The summed E-state index contributed by atoms with van der Waals surface area (Å²) in [5, 5.41) is 3.66. The molecule has 3 aliphatic carbocycles. The normalized spacial score (nSPS) is 29.8. The van der Waals surface area contributed by atoms with E-state index in [-0.39, 0.29) is 5.41 Å². The van der Waals surface area contributed by atoms with Crippen molar-refractivity contribution >= 4 is 5.84 Å². The average molecular weight is 470 g/mol. The van der Waals surface area contributed by atoms with Crippen LogP contribution in [-0.2, 0) is 0 Å². The predicted octanol–water partition coefficient (Wildman–Crippen LogP) is 7.40. The fourth-order valence-electron chi connectivity index (χ4n) is 6.03. The SMILES string of the molecule is C=C(NC1=CC2=CC(C3=CCCC3)=CCC2(C)C=C1)C1=CC(N2CCC(C)(CC)CC2)=NCC1C. The van der Waals surface area contributed by atoms with Gasteiger partial charge in [0.1, 0.15) is 5.84 Å². The van der Waals surface area contributed by atoms with Crippen LogP contribution in [0.2, 0.25) is 0 Å². The zero-order chi connectivity index (χ0) is 24.6. The van der Waals surface area contributed by atoms with Crippen molar-refractivity contribution in [2.75, 3.05) is 19.6 Å². The van der Waals surface area contributed by atoms with Gasteiger partial charge in [-0.25, -0.2) is 0 Å². The standard InChI is InChI=1S/C32H43N3/c1-6-31(4)15-17-35(18-16-31)30-21-29(23(2)22-33-30)24(3)34-28-12-14-32(5)13-11-26(19-27(32)20-28)25-9-7-8-10-25/h9,11-12,14,19-21,23,34H,3,6-8,10,13,15-18,22H2,1-2,4-5H3. The quantitative estimate of drug-likeness (QED) is 0.454. The zero-order valence-corrected chi connectivity index (χ0v) is 22.3. The first kappa shape index (κ1) is 24.2. The zero-order valence-electron chi connectivity index (χ0n) is 22.3. The summed E-state index contributed by atoms with van der Waals surface area (Å²) >= 11 is 0. The van der Waals surface area contributed by atoms with Crippen molar-refractivity contribution in [1.29, 1.82) is 0 Å². The Bertz CT molecular complexity index is 1100. The lowest BCUT2D eigenvalue weighted by atomic mass is 9.71. The third-order valence-corrected chi connectivity index (χ3v) is 9.20. The van der Waals surface area contributed by atoms with E-state index >= 15 is 0 Å². The minimum absolute atomic E-state index is 0.0909. The van der Waals surface area contributed by atoms with E-state index in [1.807, 2.05) is 0 Å². The molecule has 0 saturated carbocycles. The van der Waals surface area contributed by atoms with Crippen LogP contribution in [0, 0.1) is 16.7 Å². The molecule has 2 aliphatic heterocycles. The van der Waals surface area contributed by atoms with Crippen LogP contribution in [0.25, 0.3) is 0 Å². The largest absolute Gasteiger partial charge is 0.357 e. The minimum atomic E-state index is 0.0909. The summed E-state index contributed by atoms with van der Waals surface area (Å²) in [6.07, 6.45) is 25.1. The van der Waals surface area contributed by atoms with E-state index in [0.717, 1.165) is 43.3 Å². The molecule has 5 rings (SSSR count). The number of piperidine rings is 1. The van der Waals surface area contributed by atoms with Gasteiger partial charge in [-0.15, -0.1) is 0 Å². The van der Waals surface area contributed by atoms with E-state index in [9.17, 15) is 0 Å². The van der Waals surface area contributed by atoms with Gasteiger partial charge in [-0.2, -0.15) is 0 Å². The molecule has 1 saturated heterocycles. The van der Waals surface area contributed by atoms with Gasteiger partial charge < -0.3 is 10.2 Å². The van der Waals surface area contributed by atoms with Gasteiger partial charge in [0.2, 0.25) is 0 Å². The average Bonchev–Trinajstić information content (AvgIpc) is 3.40. The summed E-state index contributed by atoms with van der Waals surface area (Å²) in [7, 11) is 0. The van der Waals surface area contributed by atoms with Crippen molar-refractivity contribution < 1.29 is 0 Å². The van der Waals surface area contributed by atoms with Crippen LogP contribution in [0.15, 0.2) is 87.8 Å². The lowest BCUT2D eigenvalue weighted by Crippen LogP contribution is -2.42. The number of amidine groups is 1. The molecule has 0 amide bonds. The van der Waals surface area contributed by atoms with Gasteiger partial charge in [-0.1, -0.05) is 65.0 Å². The topological polar surface area (TPSA) is 27.6 Å². The molecule has 0 aromatic rings. The first-order valence-electron chi connectivity index (χ1n) is 13.8. The number of fused-ring (bicyclic) bond motifs is 1. The fourth-order valence-corrected chi connectivity index (χ4v) is 6.03. The third-order valence-electron chi connectivity index (χ3n) is 9.20. The number of hydrogen-bond acceptors (Lipinski definition) is 3. The summed E-state index contributed by atoms with van der Waals surface area (Å²) < 4.78 is 0. The number of hydrogen-bond donors (Lipinski definition) is 1. The summed E-state index contributed by atoms with van der Waals surface area (Å²) in [5.74, 6) is 1.52. The van der Waals surface area contributed by atoms with E-state index in [0.29, 0.717) is 11.3 Å². The molecule has 0 spiro atoms. The van der Waals surface area contributed by atoms with Crippen molar-refractivity contribution in [3.05, 3.63) is 82.8 Å². The van der Waals surface area contributed by atoms with Gasteiger partial charge in [0.15, 0.2) is 0 Å². The minimum Gasteiger partial charge on any atom is -0.357 e. The molecule has 5 aliphatic rings. The number of aliphatic imine (C=N–C) groups is 1. The first-order valence-corrected chi connectivity index (χ1v) is 13.8. The number of nitrogens with one attached hydrogen (secondary N) is 1. The second-order valence-corrected chi connectivity index (χ2v) is 11.9. The molecule has 0 radical (unpaired) electrons. The highest BCUT2D eigenvalue weighted by atomic mass is 15.2. The van der Waals surface area contributed by atoms with Gasteiger partial charge in [-0.05, 0) is 84.5 Å². The summed E-state index contributed by atoms with van der Waals surface area (Å²) in [5.41, 5.74) is 8.38. The maximum absolute atomic E-state index is 4.94. The molecule has 186 valence electrons. The molecule has 0 aromatic carbocycles. The molecule has 1 fully saturated rings. The van der Waals surface area contributed by atoms with Gasteiger partial charge >= 0.3 is 0 Å². The van der Waals surface area contributed by atoms with Gasteiger partial charge in [-0.3, -0.25) is 4.99 Å². The van der Waals surface area contributed by atoms with Crippen LogP contribution < -0.4 is 5.32 Å². The molecule has 35 heavy (non-hydrogen) atoms. The molecule has 0 aromatic heterocycles. The number of nitrogens with zero attached hydrogens (tertiary/aromatic N) is 2. The Morgan fingerprint density at radius 3 is 2.69 bits per heavy atom. The predicted molar refractivity (Wildman–Crippen MR) is 149 cm³/mol. The lowest BCUT2D eigenvalue weighted by molar-refractivity contribution is 0.162. The maximum atomic E-state index is 4.94. The second kappa shape index (κ2) is 9.48. The second-order valence-electron chi connectivity index (χ2n) is 11.9. The van der Waals surface area contributed by atoms with Crippen LogP contribution in [0.4, 0.5) is 0 Å². The molecule has 0 bridgehead atoms. The van der Waals surface area contributed by atoms with Crippen LogP contribution in [-0.4, -0.2) is 30.4 Å². The molecular weight excluding hydrogens is 426 g/mol. The fraction of sp³-hybridized carbons (Fsp3) is 0.531. The highest BCUT2D eigenvalue weighted by molar-refractivity contribution is 5.95. The number of rotatable bonds is 5. The molecule has 1 N–H and O–H groups in total. The van der Waals surface area contributed by atoms with E-state index in [4.69, 9.17) is 4.99 Å². The highest BCUT2D eigenvalue weighted by Crippen LogP contribution is 2.44. The molecule has 2 atom stereocenters. The van der Waals surface area contributed by atoms with E-state index < -0.39 is 0 Å². The van der Waals surface area contributed by atoms with E-state index in [1.54, 1.807) is 0 Å². The lowest BCUT2D eigenvalue weighted by Gasteiger charge is -2.40. The Hall–Kier alpha value is -2.55. The van der Waals surface area contributed by atoms with Crippen molar-refractivity contribution in [3.8, 4) is 0 Å². The molecular formula is C32H43N3. The van der Waals surface area contributed by atoms with Crippen LogP contribution in [0.3, 0.4) is 0 Å². The van der Waals surface area contributed by atoms with Crippen molar-refractivity contribution in [1.82, 2.24) is 10.2 Å². The summed E-state index contributed by atoms with van der Waals surface area (Å²) in [4.78, 5) is 7.43. The summed E-state index contributed by atoms with van der Waals surface area (Å²) in [6.45, 7) is 16.9. The molecule has 2 heterocycles. The third kappa shape index (κ3) is 4.92. The smallest absolute Gasteiger partial charge is 0.123 e. The molecule has 3 heteroatoms. The Balaban J connectivity index is 1.30. The van der Waals surface area contributed by atoms with Crippen LogP contribution >= 0.6 is 0 Å². The van der Waals surface area contributed by atoms with Gasteiger partial charge in [0.25, 0.3) is 0 Å². The van der Waals surface area contributed by atoms with Crippen molar-refractivity contribution in [2.24, 2.45) is 21.7 Å². The van der Waals surface area contributed by atoms with Gasteiger partial charge in [0, 0.05) is 42.4 Å². The highest BCUT2D eigenvalue weighted by Gasteiger charge is 2.32. The van der Waals surface area contributed by atoms with E-state index in [2.05, 4.69) is 87.0 Å². The van der Waals surface area contributed by atoms with E-state index in [1.165, 1.54) is 60.8 Å². The Morgan fingerprint density at radius 2 is 1.97 bits per heavy atom. The van der Waals surface area contributed by atoms with Crippen molar-refractivity contribution in [2.45, 2.75) is 72.6 Å². The number of likely N-dealkylation sites (tertiary alicyclic amines) is 1. The maximum Gasteiger partial charge on any atom is 0.123 e. The summed E-state index contributed by atoms with van der Waals surface area (Å²) in [6, 6.07) is 0. The monoisotopic (exact) mass is 469 g/mol. The number of allylic oxidation sites excluding steroid dienone is 10. The van der Waals surface area contributed by atoms with Crippen LogP contribution in [0.1, 0.15) is 72.6 Å². The first-order chi connectivity index (χ1) is 16.8. The number of dihydropyridines is 1. The Labute approximate surface area is 212 Å². The van der Waals surface area contributed by atoms with Gasteiger partial charge in [0.05, 0.1) is 0 Å². The Morgan fingerprint density at radius 1 is 1.17 bits per heavy atom.